The van der Waals surface area contributed by atoms with Gasteiger partial charge in [0.1, 0.15) is 0 Å². The SMILES string of the molecule is CC1(C)c2cccc3c2N2c4c1cc(-c1c5ccccc5cc5ccccc15)cc4C(C)(C)c1cc(-c4c5ccccc5cc5ccccc45)cc(c12)C3(C)C. The number of hydrogen-bond acceptors (Lipinski definition) is 1. The second kappa shape index (κ2) is 10.6. The Kier molecular flexibility index (Phi) is 6.05. The molecule has 3 aliphatic rings. The minimum Gasteiger partial charge on any atom is -0.309 e. The molecule has 0 aromatic heterocycles. The third-order valence-corrected chi connectivity index (χ3v) is 14.1. The maximum Gasteiger partial charge on any atom is 0.0544 e. The number of benzene rings is 9. The summed E-state index contributed by atoms with van der Waals surface area (Å²) in [5, 5.41) is 10.3. The first kappa shape index (κ1) is 32.1. The Morgan fingerprint density at radius 3 is 0.929 bits per heavy atom. The number of hydrogen-bond donors (Lipinski definition) is 0. The molecule has 56 heavy (non-hydrogen) atoms. The predicted molar refractivity (Wildman–Crippen MR) is 238 cm³/mol. The smallest absolute Gasteiger partial charge is 0.0544 e. The molecule has 3 heterocycles. The van der Waals surface area contributed by atoms with Crippen molar-refractivity contribution in [2.24, 2.45) is 0 Å². The number of fused-ring (bicyclic) bond motifs is 4. The summed E-state index contributed by atoms with van der Waals surface area (Å²) >= 11 is 0. The lowest BCUT2D eigenvalue weighted by Crippen LogP contribution is -2.43. The first-order chi connectivity index (χ1) is 27.0. The summed E-state index contributed by atoms with van der Waals surface area (Å²) in [5.74, 6) is 0. The van der Waals surface area contributed by atoms with Crippen LogP contribution >= 0.6 is 0 Å². The summed E-state index contributed by atoms with van der Waals surface area (Å²) in [6.07, 6.45) is 0. The average molecular weight is 718 g/mol. The van der Waals surface area contributed by atoms with E-state index in [0.717, 1.165) is 0 Å². The zero-order valence-electron chi connectivity index (χ0n) is 32.9. The lowest BCUT2D eigenvalue weighted by atomic mass is 9.60. The highest BCUT2D eigenvalue weighted by Gasteiger charge is 2.52. The van der Waals surface area contributed by atoms with Crippen molar-refractivity contribution in [2.45, 2.75) is 57.8 Å². The van der Waals surface area contributed by atoms with Crippen molar-refractivity contribution in [3.8, 4) is 22.3 Å². The molecule has 0 bridgehead atoms. The average Bonchev–Trinajstić information content (AvgIpc) is 3.20. The molecule has 0 saturated heterocycles. The van der Waals surface area contributed by atoms with E-state index < -0.39 is 0 Å². The molecular weight excluding hydrogens is 675 g/mol. The fourth-order valence-corrected chi connectivity index (χ4v) is 11.2. The second-order valence-corrected chi connectivity index (χ2v) is 18.1. The number of para-hydroxylation sites is 1. The Labute approximate surface area is 328 Å². The zero-order chi connectivity index (χ0) is 37.9. The molecule has 0 amide bonds. The molecule has 0 atom stereocenters. The summed E-state index contributed by atoms with van der Waals surface area (Å²) in [4.78, 5) is 2.71. The van der Waals surface area contributed by atoms with Gasteiger partial charge in [-0.1, -0.05) is 157 Å². The van der Waals surface area contributed by atoms with E-state index >= 15 is 0 Å². The fourth-order valence-electron chi connectivity index (χ4n) is 11.2. The minimum absolute atomic E-state index is 0.217. The molecular formula is C55H43N. The Balaban J connectivity index is 1.24. The normalized spacial score (nSPS) is 16.4. The van der Waals surface area contributed by atoms with Crippen LogP contribution in [0, 0.1) is 0 Å². The monoisotopic (exact) mass is 717 g/mol. The lowest BCUT2D eigenvalue weighted by molar-refractivity contribution is 0.567. The molecule has 0 saturated carbocycles. The fraction of sp³-hybridized carbons (Fsp3) is 0.164. The Morgan fingerprint density at radius 1 is 0.304 bits per heavy atom. The predicted octanol–water partition coefficient (Wildman–Crippen LogP) is 15.0. The van der Waals surface area contributed by atoms with Crippen molar-refractivity contribution in [3.63, 3.8) is 0 Å². The zero-order valence-corrected chi connectivity index (χ0v) is 32.9. The van der Waals surface area contributed by atoms with Gasteiger partial charge in [0, 0.05) is 16.2 Å². The van der Waals surface area contributed by atoms with Gasteiger partial charge in [0.2, 0.25) is 0 Å². The van der Waals surface area contributed by atoms with Gasteiger partial charge in [-0.2, -0.15) is 0 Å². The number of rotatable bonds is 2. The molecule has 0 unspecified atom stereocenters. The Morgan fingerprint density at radius 2 is 0.589 bits per heavy atom. The standard InChI is InChI=1S/C55H43N/c1-53(2)42-24-15-25-43-50(42)56-51-44(53)28-36(48-38-20-11-7-16-32(38)26-33-17-8-12-21-39(33)48)30-46(51)55(5,6)47-31-37(29-45(52(47)56)54(43,3)4)49-40-22-13-9-18-34(40)27-35-19-10-14-23-41(35)49/h7-31H,1-6H3. The number of nitrogens with zero attached hydrogens (tertiary/aromatic N) is 1. The van der Waals surface area contributed by atoms with Crippen LogP contribution in [0.3, 0.4) is 0 Å². The van der Waals surface area contributed by atoms with E-state index in [2.05, 4.69) is 198 Å². The van der Waals surface area contributed by atoms with E-state index in [9.17, 15) is 0 Å². The van der Waals surface area contributed by atoms with Gasteiger partial charge in [0.05, 0.1) is 17.1 Å². The molecule has 3 aliphatic heterocycles. The van der Waals surface area contributed by atoms with Gasteiger partial charge in [0.25, 0.3) is 0 Å². The van der Waals surface area contributed by atoms with Gasteiger partial charge < -0.3 is 4.90 Å². The first-order valence-electron chi connectivity index (χ1n) is 20.2. The summed E-state index contributed by atoms with van der Waals surface area (Å²) in [5.41, 5.74) is 17.1. The summed E-state index contributed by atoms with van der Waals surface area (Å²) in [7, 11) is 0. The van der Waals surface area contributed by atoms with Gasteiger partial charge in [0.15, 0.2) is 0 Å². The van der Waals surface area contributed by atoms with E-state index in [1.54, 1.807) is 0 Å². The van der Waals surface area contributed by atoms with Crippen LogP contribution in [0.4, 0.5) is 17.1 Å². The second-order valence-electron chi connectivity index (χ2n) is 18.1. The largest absolute Gasteiger partial charge is 0.309 e. The molecule has 9 aromatic rings. The lowest BCUT2D eigenvalue weighted by Gasteiger charge is -2.55. The quantitative estimate of drug-likeness (QED) is 0.161. The maximum absolute atomic E-state index is 2.71. The van der Waals surface area contributed by atoms with Crippen LogP contribution in [0.2, 0.25) is 0 Å². The highest BCUT2D eigenvalue weighted by molar-refractivity contribution is 6.15. The molecule has 0 radical (unpaired) electrons. The van der Waals surface area contributed by atoms with E-state index in [1.165, 1.54) is 116 Å². The molecule has 0 aliphatic carbocycles. The minimum atomic E-state index is -0.298. The van der Waals surface area contributed by atoms with Crippen LogP contribution in [-0.4, -0.2) is 0 Å². The first-order valence-corrected chi connectivity index (χ1v) is 20.2. The van der Waals surface area contributed by atoms with E-state index in [0.29, 0.717) is 0 Å². The molecule has 12 rings (SSSR count). The molecule has 1 heteroatoms. The van der Waals surface area contributed by atoms with Gasteiger partial charge in [-0.15, -0.1) is 0 Å². The van der Waals surface area contributed by atoms with Crippen LogP contribution in [0.25, 0.3) is 65.3 Å². The third-order valence-electron chi connectivity index (χ3n) is 14.1. The van der Waals surface area contributed by atoms with E-state index in [-0.39, 0.29) is 16.2 Å². The van der Waals surface area contributed by atoms with Crippen molar-refractivity contribution in [3.05, 3.63) is 185 Å². The molecule has 0 N–H and O–H groups in total. The van der Waals surface area contributed by atoms with Crippen molar-refractivity contribution >= 4 is 60.2 Å². The van der Waals surface area contributed by atoms with Gasteiger partial charge >= 0.3 is 0 Å². The Bertz CT molecular complexity index is 2910. The van der Waals surface area contributed by atoms with Gasteiger partial charge in [-0.3, -0.25) is 0 Å². The topological polar surface area (TPSA) is 3.24 Å². The van der Waals surface area contributed by atoms with Crippen molar-refractivity contribution in [2.75, 3.05) is 4.90 Å². The van der Waals surface area contributed by atoms with Crippen LogP contribution in [-0.2, 0) is 16.2 Å². The van der Waals surface area contributed by atoms with Crippen molar-refractivity contribution in [1.29, 1.82) is 0 Å². The molecule has 9 aromatic carbocycles. The Hall–Kier alpha value is -6.18. The van der Waals surface area contributed by atoms with Crippen LogP contribution in [0.1, 0.15) is 74.9 Å². The molecule has 268 valence electrons. The molecule has 0 fully saturated rings. The van der Waals surface area contributed by atoms with Crippen molar-refractivity contribution < 1.29 is 0 Å². The summed E-state index contributed by atoms with van der Waals surface area (Å²) in [6.45, 7) is 14.8. The number of anilines is 3. The van der Waals surface area contributed by atoms with Gasteiger partial charge in [-0.25, -0.2) is 0 Å². The highest BCUT2D eigenvalue weighted by atomic mass is 15.2. The van der Waals surface area contributed by atoms with E-state index in [1.807, 2.05) is 0 Å². The summed E-state index contributed by atoms with van der Waals surface area (Å²) in [6, 6.07) is 57.9. The highest BCUT2D eigenvalue weighted by Crippen LogP contribution is 2.67. The maximum atomic E-state index is 2.71. The van der Waals surface area contributed by atoms with Crippen LogP contribution in [0.5, 0.6) is 0 Å². The van der Waals surface area contributed by atoms with Gasteiger partial charge in [-0.05, 0) is 135 Å². The molecule has 0 spiro atoms. The third kappa shape index (κ3) is 3.91. The molecule has 1 nitrogen and oxygen atoms in total. The van der Waals surface area contributed by atoms with Crippen LogP contribution in [0.15, 0.2) is 152 Å². The summed E-state index contributed by atoms with van der Waals surface area (Å²) < 4.78 is 0. The van der Waals surface area contributed by atoms with Crippen LogP contribution < -0.4 is 4.90 Å². The van der Waals surface area contributed by atoms with Crippen molar-refractivity contribution in [1.82, 2.24) is 0 Å². The van der Waals surface area contributed by atoms with E-state index in [4.69, 9.17) is 0 Å².